The molecule has 54 valence electrons. The van der Waals surface area contributed by atoms with Crippen LogP contribution in [0, 0.1) is 5.21 Å². The summed E-state index contributed by atoms with van der Waals surface area (Å²) in [7, 11) is 1.39. The van der Waals surface area contributed by atoms with E-state index in [1.54, 1.807) is 0 Å². The molecule has 0 heterocycles. The molecular formula is C3H9N3NaO3+. The number of hydrazine groups is 1. The van der Waals surface area contributed by atoms with Crippen LogP contribution in [0.4, 0.5) is 0 Å². The van der Waals surface area contributed by atoms with E-state index in [1.165, 1.54) is 7.05 Å². The Labute approximate surface area is 80.6 Å². The summed E-state index contributed by atoms with van der Waals surface area (Å²) in [6.07, 6.45) is 0. The molecule has 0 aromatic heterocycles. The molecule has 0 aliphatic heterocycles. The SMILES string of the molecule is CN(CCO)[N+]([O-])=NO.[Na+]. The number of likely N-dealkylation sites (N-methyl/N-ethyl adjacent to an activating group) is 1. The Morgan fingerprint density at radius 1 is 1.70 bits per heavy atom. The van der Waals surface area contributed by atoms with Gasteiger partial charge in [-0.15, -0.1) is 5.01 Å². The second-order valence-corrected chi connectivity index (χ2v) is 1.45. The van der Waals surface area contributed by atoms with E-state index in [-0.39, 0.29) is 47.7 Å². The van der Waals surface area contributed by atoms with Gasteiger partial charge in [0, 0.05) is 0 Å². The summed E-state index contributed by atoms with van der Waals surface area (Å²) in [4.78, 5) is -0.0176. The van der Waals surface area contributed by atoms with Crippen LogP contribution in [0.25, 0.3) is 0 Å². The van der Waals surface area contributed by atoms with Crippen LogP contribution < -0.4 is 29.6 Å². The third kappa shape index (κ3) is 4.80. The van der Waals surface area contributed by atoms with Crippen molar-refractivity contribution in [1.29, 1.82) is 0 Å². The molecule has 0 atom stereocenters. The van der Waals surface area contributed by atoms with Gasteiger partial charge >= 0.3 is 29.6 Å². The van der Waals surface area contributed by atoms with Gasteiger partial charge in [-0.3, -0.25) is 0 Å². The predicted octanol–water partition coefficient (Wildman–Crippen LogP) is -3.82. The van der Waals surface area contributed by atoms with Crippen molar-refractivity contribution in [1.82, 2.24) is 5.01 Å². The van der Waals surface area contributed by atoms with E-state index in [1.807, 2.05) is 0 Å². The molecule has 0 aliphatic rings. The molecule has 0 saturated carbocycles. The van der Waals surface area contributed by atoms with Crippen molar-refractivity contribution in [3.8, 4) is 0 Å². The molecule has 6 nitrogen and oxygen atoms in total. The second kappa shape index (κ2) is 7.07. The number of aliphatic hydroxyl groups excluding tert-OH is 1. The van der Waals surface area contributed by atoms with Crippen LogP contribution in [0.3, 0.4) is 0 Å². The van der Waals surface area contributed by atoms with Gasteiger partial charge in [0.2, 0.25) is 5.28 Å². The topological polar surface area (TPSA) is 82.1 Å². The largest absolute Gasteiger partial charge is 1.00 e. The minimum atomic E-state index is -0.148. The Morgan fingerprint density at radius 2 is 2.20 bits per heavy atom. The quantitative estimate of drug-likeness (QED) is 0.191. The minimum Gasteiger partial charge on any atom is -0.569 e. The molecule has 0 aromatic rings. The molecule has 7 heteroatoms. The summed E-state index contributed by atoms with van der Waals surface area (Å²) in [6, 6.07) is 0. The van der Waals surface area contributed by atoms with Crippen molar-refractivity contribution < 1.29 is 44.8 Å². The van der Waals surface area contributed by atoms with E-state index in [4.69, 9.17) is 10.3 Å². The summed E-state index contributed by atoms with van der Waals surface area (Å²) in [5.41, 5.74) is 0. The zero-order chi connectivity index (χ0) is 7.28. The molecule has 0 fully saturated rings. The van der Waals surface area contributed by atoms with Gasteiger partial charge in [0.25, 0.3) is 0 Å². The number of hydrogen-bond donors (Lipinski definition) is 2. The minimum absolute atomic E-state index is 0. The van der Waals surface area contributed by atoms with Gasteiger partial charge in [-0.25, -0.2) is 0 Å². The normalized spacial score (nSPS) is 10.4. The van der Waals surface area contributed by atoms with Crippen molar-refractivity contribution in [2.45, 2.75) is 0 Å². The molecular weight excluding hydrogens is 149 g/mol. The molecule has 0 amide bonds. The maximum absolute atomic E-state index is 10.2. The first kappa shape index (κ1) is 12.6. The van der Waals surface area contributed by atoms with Gasteiger partial charge in [0.15, 0.2) is 0 Å². The van der Waals surface area contributed by atoms with Crippen LogP contribution in [-0.2, 0) is 0 Å². The molecule has 0 rings (SSSR count). The summed E-state index contributed by atoms with van der Waals surface area (Å²) in [5.74, 6) is 0. The summed E-state index contributed by atoms with van der Waals surface area (Å²) in [6.45, 7) is -0.00167. The number of aliphatic hydroxyl groups is 1. The predicted molar refractivity (Wildman–Crippen MR) is 27.6 cm³/mol. The van der Waals surface area contributed by atoms with Crippen LogP contribution in [0.15, 0.2) is 5.28 Å². The van der Waals surface area contributed by atoms with Crippen molar-refractivity contribution in [2.24, 2.45) is 5.28 Å². The fourth-order valence-electron chi connectivity index (χ4n) is 0.299. The fourth-order valence-corrected chi connectivity index (χ4v) is 0.299. The molecule has 0 aliphatic carbocycles. The zero-order valence-corrected chi connectivity index (χ0v) is 8.06. The molecule has 2 N–H and O–H groups in total. The maximum atomic E-state index is 10.2. The summed E-state index contributed by atoms with van der Waals surface area (Å²) >= 11 is 0. The molecule has 0 bridgehead atoms. The summed E-state index contributed by atoms with van der Waals surface area (Å²) in [5, 5.41) is 29.6. The number of rotatable bonds is 3. The van der Waals surface area contributed by atoms with Gasteiger partial charge in [-0.1, -0.05) is 0 Å². The Balaban J connectivity index is 0. The van der Waals surface area contributed by atoms with Gasteiger partial charge in [-0.2, -0.15) is 0 Å². The first-order chi connectivity index (χ1) is 4.22. The standard InChI is InChI=1S/C3H9N3O3.Na/c1-5(2-3-7)6(9)4-8;/h7-8H,2-3H2,1H3;/q;+1. The Morgan fingerprint density at radius 3 is 2.50 bits per heavy atom. The van der Waals surface area contributed by atoms with Crippen LogP contribution in [0.1, 0.15) is 0 Å². The Hall–Kier alpha value is -0.0400. The first-order valence-corrected chi connectivity index (χ1v) is 2.36. The van der Waals surface area contributed by atoms with Crippen molar-refractivity contribution >= 4 is 0 Å². The first-order valence-electron chi connectivity index (χ1n) is 2.36. The average molecular weight is 158 g/mol. The molecule has 0 spiro atoms. The Kier molecular flexibility index (Phi) is 8.92. The molecule has 0 aromatic carbocycles. The fraction of sp³-hybridized carbons (Fsp3) is 1.00. The number of nitrogens with zero attached hydrogens (tertiary/aromatic N) is 3. The average Bonchev–Trinajstić information content (AvgIpc) is 1.87. The van der Waals surface area contributed by atoms with Crippen LogP contribution in [0.5, 0.6) is 0 Å². The van der Waals surface area contributed by atoms with Crippen LogP contribution in [-0.4, -0.2) is 40.5 Å². The second-order valence-electron chi connectivity index (χ2n) is 1.45. The maximum Gasteiger partial charge on any atom is 1.00 e. The molecule has 0 unspecified atom stereocenters. The van der Waals surface area contributed by atoms with E-state index in [0.717, 1.165) is 5.01 Å². The van der Waals surface area contributed by atoms with E-state index < -0.39 is 0 Å². The smallest absolute Gasteiger partial charge is 0.569 e. The monoisotopic (exact) mass is 158 g/mol. The summed E-state index contributed by atoms with van der Waals surface area (Å²) < 4.78 is 0. The van der Waals surface area contributed by atoms with E-state index in [2.05, 4.69) is 5.28 Å². The van der Waals surface area contributed by atoms with Crippen molar-refractivity contribution in [2.75, 3.05) is 20.2 Å². The van der Waals surface area contributed by atoms with Gasteiger partial charge < -0.3 is 15.5 Å². The van der Waals surface area contributed by atoms with Gasteiger partial charge in [-0.05, 0) is 0 Å². The molecule has 0 saturated heterocycles. The van der Waals surface area contributed by atoms with E-state index in [9.17, 15) is 5.21 Å². The number of hydrogen-bond acceptors (Lipinski definition) is 3. The third-order valence-corrected chi connectivity index (χ3v) is 0.792. The van der Waals surface area contributed by atoms with E-state index >= 15 is 0 Å². The van der Waals surface area contributed by atoms with Crippen molar-refractivity contribution in [3.63, 3.8) is 0 Å². The molecule has 10 heavy (non-hydrogen) atoms. The van der Waals surface area contributed by atoms with Crippen molar-refractivity contribution in [3.05, 3.63) is 5.21 Å². The zero-order valence-electron chi connectivity index (χ0n) is 6.06. The van der Waals surface area contributed by atoms with Crippen LogP contribution in [0.2, 0.25) is 0 Å². The van der Waals surface area contributed by atoms with Gasteiger partial charge in [0.05, 0.1) is 25.2 Å². The third-order valence-electron chi connectivity index (χ3n) is 0.792. The Bertz CT molecular complexity index is 109. The van der Waals surface area contributed by atoms with Crippen LogP contribution >= 0.6 is 0 Å². The van der Waals surface area contributed by atoms with Gasteiger partial charge in [0.1, 0.15) is 0 Å². The molecule has 0 radical (unpaired) electrons. The van der Waals surface area contributed by atoms with E-state index in [0.29, 0.717) is 0 Å².